The molecule has 0 amide bonds. The molecule has 2 aromatic rings. The van der Waals surface area contributed by atoms with Gasteiger partial charge >= 0.3 is 0 Å². The van der Waals surface area contributed by atoms with Crippen LogP contribution in [0.4, 0.5) is 0 Å². The number of hydrogen-bond acceptors (Lipinski definition) is 1. The Kier molecular flexibility index (Phi) is 9.32. The van der Waals surface area contributed by atoms with Crippen LogP contribution >= 0.6 is 0 Å². The van der Waals surface area contributed by atoms with E-state index < -0.39 is 0 Å². The van der Waals surface area contributed by atoms with Crippen LogP contribution in [0.25, 0.3) is 11.1 Å². The Bertz CT molecular complexity index is 475. The molecule has 0 radical (unpaired) electrons. The van der Waals surface area contributed by atoms with Gasteiger partial charge in [0.25, 0.3) is 0 Å². The maximum absolute atomic E-state index is 9.15. The zero-order valence-electron chi connectivity index (χ0n) is 16.1. The fourth-order valence-corrected chi connectivity index (χ4v) is 1.40. The zero-order valence-corrected chi connectivity index (χ0v) is 16.1. The summed E-state index contributed by atoms with van der Waals surface area (Å²) >= 11 is 0. The van der Waals surface area contributed by atoms with Crippen molar-refractivity contribution in [3.8, 4) is 16.9 Å². The Labute approximate surface area is 143 Å². The number of benzene rings is 2. The highest BCUT2D eigenvalue weighted by molar-refractivity contribution is 5.64. The van der Waals surface area contributed by atoms with Crippen LogP contribution in [-0.2, 0) is 0 Å². The smallest absolute Gasteiger partial charge is 0.115 e. The van der Waals surface area contributed by atoms with Crippen LogP contribution in [0, 0.1) is 18.3 Å². The van der Waals surface area contributed by atoms with Crippen LogP contribution in [0.2, 0.25) is 0 Å². The third kappa shape index (κ3) is 13.6. The van der Waals surface area contributed by atoms with Crippen molar-refractivity contribution in [2.75, 3.05) is 0 Å². The van der Waals surface area contributed by atoms with Crippen LogP contribution in [0.3, 0.4) is 0 Å². The molecule has 0 heterocycles. The van der Waals surface area contributed by atoms with Gasteiger partial charge in [0.05, 0.1) is 0 Å². The molecule has 0 atom stereocenters. The van der Waals surface area contributed by atoms with Crippen molar-refractivity contribution in [1.29, 1.82) is 0 Å². The second-order valence-electron chi connectivity index (χ2n) is 8.14. The monoisotopic (exact) mass is 314 g/mol. The van der Waals surface area contributed by atoms with Gasteiger partial charge in [0.1, 0.15) is 5.75 Å². The molecule has 0 aromatic heterocycles. The lowest BCUT2D eigenvalue weighted by Gasteiger charge is -2.05. The molecule has 128 valence electrons. The molecule has 0 bridgehead atoms. The van der Waals surface area contributed by atoms with Gasteiger partial charge in [0.15, 0.2) is 0 Å². The second-order valence-corrected chi connectivity index (χ2v) is 8.14. The first kappa shape index (κ1) is 21.2. The van der Waals surface area contributed by atoms with Gasteiger partial charge in [-0.2, -0.15) is 0 Å². The Morgan fingerprint density at radius 2 is 0.957 bits per heavy atom. The van der Waals surface area contributed by atoms with Gasteiger partial charge in [0, 0.05) is 0 Å². The van der Waals surface area contributed by atoms with Crippen molar-refractivity contribution in [3.63, 3.8) is 0 Å². The minimum absolute atomic E-state index is 0.306. The van der Waals surface area contributed by atoms with Crippen molar-refractivity contribution in [2.24, 2.45) is 11.3 Å². The van der Waals surface area contributed by atoms with E-state index in [-0.39, 0.29) is 0 Å². The predicted molar refractivity (Wildman–Crippen MR) is 104 cm³/mol. The summed E-state index contributed by atoms with van der Waals surface area (Å²) in [6.07, 6.45) is 0. The number of phenols is 1. The first-order valence-electron chi connectivity index (χ1n) is 8.35. The lowest BCUT2D eigenvalue weighted by Crippen LogP contribution is -1.93. The molecule has 1 N–H and O–H groups in total. The predicted octanol–water partition coefficient (Wildman–Crippen LogP) is 7.08. The van der Waals surface area contributed by atoms with E-state index in [9.17, 15) is 0 Å². The molecule has 23 heavy (non-hydrogen) atoms. The van der Waals surface area contributed by atoms with Crippen LogP contribution < -0.4 is 0 Å². The molecule has 0 spiro atoms. The normalized spacial score (nSPS) is 10.3. The van der Waals surface area contributed by atoms with Crippen LogP contribution in [0.15, 0.2) is 48.5 Å². The van der Waals surface area contributed by atoms with Gasteiger partial charge in [0.2, 0.25) is 0 Å². The summed E-state index contributed by atoms with van der Waals surface area (Å²) in [5.74, 6) is 1.14. The van der Waals surface area contributed by atoms with Gasteiger partial charge in [-0.05, 0) is 41.5 Å². The lowest BCUT2D eigenvalue weighted by atomic mass is 10.0. The molecule has 0 saturated heterocycles. The maximum atomic E-state index is 9.15. The van der Waals surface area contributed by atoms with Gasteiger partial charge in [-0.25, -0.2) is 0 Å². The molecule has 1 nitrogen and oxygen atoms in total. The molecule has 0 aliphatic carbocycles. The van der Waals surface area contributed by atoms with E-state index in [2.05, 4.69) is 79.7 Å². The van der Waals surface area contributed by atoms with Gasteiger partial charge < -0.3 is 5.11 Å². The molecule has 2 rings (SSSR count). The van der Waals surface area contributed by atoms with E-state index in [4.69, 9.17) is 5.11 Å². The summed E-state index contributed by atoms with van der Waals surface area (Å²) in [4.78, 5) is 0. The minimum atomic E-state index is 0.306. The van der Waals surface area contributed by atoms with Crippen LogP contribution in [0.5, 0.6) is 5.75 Å². The molecule has 2 aromatic carbocycles. The van der Waals surface area contributed by atoms with Crippen molar-refractivity contribution in [3.05, 3.63) is 54.1 Å². The fraction of sp³-hybridized carbons (Fsp3) is 0.455. The molecule has 0 aliphatic heterocycles. The SMILES string of the molecule is CC(C)(C)C.CC(C)C.Cc1ccc(-c2ccc(O)cc2)cc1. The Balaban J connectivity index is 0.000000450. The van der Waals surface area contributed by atoms with Crippen molar-refractivity contribution in [1.82, 2.24) is 0 Å². The van der Waals surface area contributed by atoms with Gasteiger partial charge in [-0.1, -0.05) is 90.4 Å². The number of aryl methyl sites for hydroxylation is 1. The van der Waals surface area contributed by atoms with Gasteiger partial charge in [-0.15, -0.1) is 0 Å². The van der Waals surface area contributed by atoms with Crippen molar-refractivity contribution in [2.45, 2.75) is 55.4 Å². The molecule has 0 aliphatic rings. The summed E-state index contributed by atoms with van der Waals surface area (Å²) in [5, 5.41) is 9.15. The quantitative estimate of drug-likeness (QED) is 0.596. The summed E-state index contributed by atoms with van der Waals surface area (Å²) in [5.41, 5.74) is 4.06. The van der Waals surface area contributed by atoms with E-state index in [0.717, 1.165) is 11.5 Å². The van der Waals surface area contributed by atoms with Gasteiger partial charge in [-0.3, -0.25) is 0 Å². The lowest BCUT2D eigenvalue weighted by molar-refractivity contribution is 0.469. The van der Waals surface area contributed by atoms with E-state index in [1.807, 2.05) is 12.1 Å². The van der Waals surface area contributed by atoms with Crippen LogP contribution in [-0.4, -0.2) is 5.11 Å². The highest BCUT2D eigenvalue weighted by Crippen LogP contribution is 2.21. The number of hydrogen-bond donors (Lipinski definition) is 1. The number of rotatable bonds is 1. The van der Waals surface area contributed by atoms with E-state index >= 15 is 0 Å². The van der Waals surface area contributed by atoms with Crippen molar-refractivity contribution < 1.29 is 5.11 Å². The number of phenolic OH excluding ortho intramolecular Hbond substituents is 1. The highest BCUT2D eigenvalue weighted by atomic mass is 16.3. The summed E-state index contributed by atoms with van der Waals surface area (Å²) < 4.78 is 0. The Morgan fingerprint density at radius 1 is 0.696 bits per heavy atom. The summed E-state index contributed by atoms with van der Waals surface area (Å²) in [6.45, 7) is 17.3. The summed E-state index contributed by atoms with van der Waals surface area (Å²) in [6, 6.07) is 15.6. The molecular weight excluding hydrogens is 280 g/mol. The Morgan fingerprint density at radius 3 is 1.26 bits per heavy atom. The Hall–Kier alpha value is -1.76. The molecule has 0 fully saturated rings. The maximum Gasteiger partial charge on any atom is 0.115 e. The summed E-state index contributed by atoms with van der Waals surface area (Å²) in [7, 11) is 0. The zero-order chi connectivity index (χ0) is 18.0. The molecular formula is C22H34O. The van der Waals surface area contributed by atoms with E-state index in [1.54, 1.807) is 12.1 Å². The van der Waals surface area contributed by atoms with E-state index in [1.165, 1.54) is 11.1 Å². The molecule has 1 heteroatoms. The third-order valence-electron chi connectivity index (χ3n) is 2.25. The molecule has 0 saturated carbocycles. The average molecular weight is 315 g/mol. The highest BCUT2D eigenvalue weighted by Gasteiger charge is 1.96. The number of aromatic hydroxyl groups is 1. The van der Waals surface area contributed by atoms with Crippen LogP contribution in [0.1, 0.15) is 54.0 Å². The first-order valence-corrected chi connectivity index (χ1v) is 8.35. The van der Waals surface area contributed by atoms with Crippen molar-refractivity contribution >= 4 is 0 Å². The largest absolute Gasteiger partial charge is 0.508 e. The third-order valence-corrected chi connectivity index (χ3v) is 2.25. The fourth-order valence-electron chi connectivity index (χ4n) is 1.40. The first-order chi connectivity index (χ1) is 10.5. The second kappa shape index (κ2) is 10.1. The minimum Gasteiger partial charge on any atom is -0.508 e. The van der Waals surface area contributed by atoms with E-state index in [0.29, 0.717) is 11.2 Å². The topological polar surface area (TPSA) is 20.2 Å². The molecule has 0 unspecified atom stereocenters. The standard InChI is InChI=1S/C13H12O.C5H12.C4H10/c1-10-2-4-11(5-3-10)12-6-8-13(14)9-7-12;1-5(2,3)4;1-4(2)3/h2-9,14H,1H3;1-4H3;4H,1-3H3. The average Bonchev–Trinajstić information content (AvgIpc) is 2.38.